The van der Waals surface area contributed by atoms with E-state index in [9.17, 15) is 0 Å². The van der Waals surface area contributed by atoms with Crippen LogP contribution in [0, 0.1) is 0 Å². The highest BCUT2D eigenvalue weighted by molar-refractivity contribution is 7.99. The molecule has 1 unspecified atom stereocenters. The Balaban J connectivity index is 2.06. The molecule has 0 spiro atoms. The monoisotopic (exact) mass is 270 g/mol. The molecule has 0 saturated heterocycles. The third-order valence-electron chi connectivity index (χ3n) is 3.47. The fourth-order valence-corrected chi connectivity index (χ4v) is 3.44. The Bertz CT molecular complexity index is 537. The van der Waals surface area contributed by atoms with E-state index in [1.165, 1.54) is 21.2 Å². The molecule has 2 aromatic rings. The summed E-state index contributed by atoms with van der Waals surface area (Å²) in [5.74, 6) is 0. The van der Waals surface area contributed by atoms with Crippen molar-refractivity contribution in [2.45, 2.75) is 29.2 Å². The highest BCUT2D eigenvalue weighted by atomic mass is 32.2. The predicted octanol–water partition coefficient (Wildman–Crippen LogP) is 4.03. The summed E-state index contributed by atoms with van der Waals surface area (Å²) in [5.41, 5.74) is 8.72. The van der Waals surface area contributed by atoms with Gasteiger partial charge in [-0.3, -0.25) is 0 Å². The quantitative estimate of drug-likeness (QED) is 0.913. The molecule has 1 atom stereocenters. The van der Waals surface area contributed by atoms with Gasteiger partial charge in [0.1, 0.15) is 0 Å². The van der Waals surface area contributed by atoms with E-state index in [-0.39, 0.29) is 6.04 Å². The maximum absolute atomic E-state index is 6.17. The zero-order chi connectivity index (χ0) is 13.2. The second-order valence-electron chi connectivity index (χ2n) is 4.82. The molecule has 0 bridgehead atoms. The van der Waals surface area contributed by atoms with Crippen molar-refractivity contribution in [3.63, 3.8) is 0 Å². The Kier molecular flexibility index (Phi) is 3.49. The van der Waals surface area contributed by atoms with Gasteiger partial charge in [-0.25, -0.2) is 0 Å². The lowest BCUT2D eigenvalue weighted by Crippen LogP contribution is -2.35. The second kappa shape index (κ2) is 5.27. The lowest BCUT2D eigenvalue weighted by molar-refractivity contribution is 0.646. The molecule has 0 radical (unpaired) electrons. The fraction of sp³-hybridized carbons (Fsp3) is 0.250. The molecule has 1 aliphatic rings. The van der Waals surface area contributed by atoms with Gasteiger partial charge in [-0.2, -0.15) is 0 Å². The molecular weight excluding hydrogens is 252 g/mol. The SMILES string of the molecule is CCC(N)CN1c2ccccc2Sc2ccccc21. The summed E-state index contributed by atoms with van der Waals surface area (Å²) < 4.78 is 0. The van der Waals surface area contributed by atoms with E-state index in [2.05, 4.69) is 60.4 Å². The highest BCUT2D eigenvalue weighted by Gasteiger charge is 2.23. The van der Waals surface area contributed by atoms with Gasteiger partial charge >= 0.3 is 0 Å². The Morgan fingerprint density at radius 2 is 1.53 bits per heavy atom. The third kappa shape index (κ3) is 2.36. The number of fused-ring (bicyclic) bond motifs is 2. The average Bonchev–Trinajstić information content (AvgIpc) is 2.46. The van der Waals surface area contributed by atoms with Crippen LogP contribution in [0.5, 0.6) is 0 Å². The molecule has 98 valence electrons. The smallest absolute Gasteiger partial charge is 0.0553 e. The normalized spacial score (nSPS) is 14.7. The third-order valence-corrected chi connectivity index (χ3v) is 4.60. The molecule has 0 aromatic heterocycles. The molecule has 2 aromatic carbocycles. The van der Waals surface area contributed by atoms with E-state index in [0.29, 0.717) is 0 Å². The van der Waals surface area contributed by atoms with E-state index in [1.54, 1.807) is 0 Å². The Morgan fingerprint density at radius 1 is 1.00 bits per heavy atom. The summed E-state index contributed by atoms with van der Waals surface area (Å²) in [5, 5.41) is 0. The zero-order valence-electron chi connectivity index (χ0n) is 11.0. The van der Waals surface area contributed by atoms with Crippen molar-refractivity contribution in [3.05, 3.63) is 48.5 Å². The first-order valence-corrected chi connectivity index (χ1v) is 7.50. The lowest BCUT2D eigenvalue weighted by atomic mass is 10.1. The van der Waals surface area contributed by atoms with Gasteiger partial charge in [-0.1, -0.05) is 43.0 Å². The van der Waals surface area contributed by atoms with Crippen LogP contribution in [0.3, 0.4) is 0 Å². The molecule has 2 N–H and O–H groups in total. The first-order chi connectivity index (χ1) is 9.29. The van der Waals surface area contributed by atoms with E-state index >= 15 is 0 Å². The molecule has 3 rings (SSSR count). The standard InChI is InChI=1S/C16H18N2S/c1-2-12(17)11-18-13-7-3-5-9-15(13)19-16-10-6-4-8-14(16)18/h3-10,12H,2,11,17H2,1H3. The summed E-state index contributed by atoms with van der Waals surface area (Å²) in [4.78, 5) is 4.98. The number of hydrogen-bond donors (Lipinski definition) is 1. The van der Waals surface area contributed by atoms with Crippen LogP contribution < -0.4 is 10.6 Å². The first-order valence-electron chi connectivity index (χ1n) is 6.68. The predicted molar refractivity (Wildman–Crippen MR) is 82.3 cm³/mol. The molecule has 19 heavy (non-hydrogen) atoms. The van der Waals surface area contributed by atoms with Crippen LogP contribution in [0.15, 0.2) is 58.3 Å². The maximum Gasteiger partial charge on any atom is 0.0553 e. The molecule has 1 aliphatic heterocycles. The largest absolute Gasteiger partial charge is 0.338 e. The first kappa shape index (κ1) is 12.6. The van der Waals surface area contributed by atoms with Gasteiger partial charge < -0.3 is 10.6 Å². The van der Waals surface area contributed by atoms with Crippen LogP contribution in [0.25, 0.3) is 0 Å². The van der Waals surface area contributed by atoms with Gasteiger partial charge in [-0.05, 0) is 30.7 Å². The fourth-order valence-electron chi connectivity index (χ4n) is 2.34. The maximum atomic E-state index is 6.17. The van der Waals surface area contributed by atoms with Crippen molar-refractivity contribution < 1.29 is 0 Å². The Hall–Kier alpha value is -1.45. The summed E-state index contributed by atoms with van der Waals surface area (Å²) in [6.45, 7) is 3.01. The molecule has 3 heteroatoms. The van der Waals surface area contributed by atoms with E-state index < -0.39 is 0 Å². The number of anilines is 2. The molecule has 2 nitrogen and oxygen atoms in total. The molecule has 0 aliphatic carbocycles. The van der Waals surface area contributed by atoms with Crippen LogP contribution in [0.1, 0.15) is 13.3 Å². The van der Waals surface area contributed by atoms with E-state index in [1.807, 2.05) is 11.8 Å². The Labute approximate surface area is 118 Å². The summed E-state index contributed by atoms with van der Waals surface area (Å²) in [7, 11) is 0. The van der Waals surface area contributed by atoms with Crippen LogP contribution in [0.2, 0.25) is 0 Å². The molecule has 0 saturated carbocycles. The zero-order valence-corrected chi connectivity index (χ0v) is 11.9. The van der Waals surface area contributed by atoms with Gasteiger partial charge in [0.2, 0.25) is 0 Å². The van der Waals surface area contributed by atoms with E-state index in [0.717, 1.165) is 13.0 Å². The van der Waals surface area contributed by atoms with Gasteiger partial charge in [-0.15, -0.1) is 0 Å². The summed E-state index contributed by atoms with van der Waals surface area (Å²) in [6.07, 6.45) is 0.994. The second-order valence-corrected chi connectivity index (χ2v) is 5.90. The molecular formula is C16H18N2S. The van der Waals surface area contributed by atoms with Gasteiger partial charge in [0.05, 0.1) is 11.4 Å². The molecule has 0 fully saturated rings. The number of para-hydroxylation sites is 2. The minimum atomic E-state index is 0.198. The highest BCUT2D eigenvalue weighted by Crippen LogP contribution is 2.47. The number of nitrogens with two attached hydrogens (primary N) is 1. The van der Waals surface area contributed by atoms with Crippen molar-refractivity contribution in [3.8, 4) is 0 Å². The Morgan fingerprint density at radius 3 is 2.05 bits per heavy atom. The summed E-state index contributed by atoms with van der Waals surface area (Å²) in [6, 6.07) is 17.3. The van der Waals surface area contributed by atoms with Crippen molar-refractivity contribution in [2.24, 2.45) is 5.73 Å². The number of benzene rings is 2. The van der Waals surface area contributed by atoms with Crippen molar-refractivity contribution in [1.29, 1.82) is 0 Å². The van der Waals surface area contributed by atoms with Crippen molar-refractivity contribution in [2.75, 3.05) is 11.4 Å². The van der Waals surface area contributed by atoms with Crippen LogP contribution in [0.4, 0.5) is 11.4 Å². The number of hydrogen-bond acceptors (Lipinski definition) is 3. The molecule has 0 amide bonds. The van der Waals surface area contributed by atoms with Gasteiger partial charge in [0.25, 0.3) is 0 Å². The minimum absolute atomic E-state index is 0.198. The van der Waals surface area contributed by atoms with Crippen LogP contribution >= 0.6 is 11.8 Å². The number of rotatable bonds is 3. The van der Waals surface area contributed by atoms with Crippen molar-refractivity contribution in [1.82, 2.24) is 0 Å². The molecule has 1 heterocycles. The summed E-state index contributed by atoms with van der Waals surface area (Å²) >= 11 is 1.84. The van der Waals surface area contributed by atoms with Crippen LogP contribution in [-0.4, -0.2) is 12.6 Å². The lowest BCUT2D eigenvalue weighted by Gasteiger charge is -2.34. The van der Waals surface area contributed by atoms with Crippen molar-refractivity contribution >= 4 is 23.1 Å². The van der Waals surface area contributed by atoms with Gasteiger partial charge in [0, 0.05) is 22.4 Å². The van der Waals surface area contributed by atoms with Gasteiger partial charge in [0.15, 0.2) is 0 Å². The van der Waals surface area contributed by atoms with E-state index in [4.69, 9.17) is 5.73 Å². The minimum Gasteiger partial charge on any atom is -0.338 e. The average molecular weight is 270 g/mol. The van der Waals surface area contributed by atoms with Crippen LogP contribution in [-0.2, 0) is 0 Å². The number of nitrogens with zero attached hydrogens (tertiary/aromatic N) is 1. The topological polar surface area (TPSA) is 29.3 Å².